The lowest BCUT2D eigenvalue weighted by Gasteiger charge is -2.10. The van der Waals surface area contributed by atoms with Crippen molar-refractivity contribution in [3.05, 3.63) is 62.8 Å². The van der Waals surface area contributed by atoms with Crippen molar-refractivity contribution in [2.75, 3.05) is 6.54 Å². The lowest BCUT2D eigenvalue weighted by atomic mass is 10.1. The molecule has 0 spiro atoms. The maximum Gasteiger partial charge on any atom is 0.138 e. The minimum atomic E-state index is -0.310. The van der Waals surface area contributed by atoms with E-state index in [2.05, 4.69) is 15.9 Å². The van der Waals surface area contributed by atoms with Crippen LogP contribution in [0.4, 0.5) is 4.39 Å². The largest absolute Gasteiger partial charge is 0.487 e. The van der Waals surface area contributed by atoms with Crippen molar-refractivity contribution in [1.82, 2.24) is 0 Å². The summed E-state index contributed by atoms with van der Waals surface area (Å²) in [6.07, 6.45) is 0.765. The van der Waals surface area contributed by atoms with E-state index in [1.54, 1.807) is 18.2 Å². The van der Waals surface area contributed by atoms with Crippen molar-refractivity contribution in [3.8, 4) is 5.75 Å². The van der Waals surface area contributed by atoms with Gasteiger partial charge in [-0.2, -0.15) is 0 Å². The van der Waals surface area contributed by atoms with Crippen LogP contribution in [0.2, 0.25) is 5.02 Å². The van der Waals surface area contributed by atoms with E-state index in [0.717, 1.165) is 12.0 Å². The fourth-order valence-corrected chi connectivity index (χ4v) is 2.37. The summed E-state index contributed by atoms with van der Waals surface area (Å²) in [6, 6.07) is 10.4. The molecule has 0 aromatic heterocycles. The summed E-state index contributed by atoms with van der Waals surface area (Å²) in [7, 11) is 0. The fourth-order valence-electron chi connectivity index (χ4n) is 1.78. The Kier molecular flexibility index (Phi) is 5.40. The van der Waals surface area contributed by atoms with E-state index in [-0.39, 0.29) is 12.4 Å². The molecule has 0 atom stereocenters. The van der Waals surface area contributed by atoms with Crippen molar-refractivity contribution in [2.45, 2.75) is 13.0 Å². The maximum absolute atomic E-state index is 13.7. The zero-order valence-corrected chi connectivity index (χ0v) is 13.0. The summed E-state index contributed by atoms with van der Waals surface area (Å²) >= 11 is 9.34. The second-order valence-corrected chi connectivity index (χ2v) is 5.65. The summed E-state index contributed by atoms with van der Waals surface area (Å²) in [5.41, 5.74) is 7.03. The molecule has 0 aliphatic carbocycles. The molecule has 0 saturated heterocycles. The zero-order valence-electron chi connectivity index (χ0n) is 10.7. The van der Waals surface area contributed by atoms with E-state index in [9.17, 15) is 4.39 Å². The average Bonchev–Trinajstić information content (AvgIpc) is 2.40. The lowest BCUT2D eigenvalue weighted by Crippen LogP contribution is -2.03. The van der Waals surface area contributed by atoms with Gasteiger partial charge < -0.3 is 10.5 Å². The Morgan fingerprint density at radius 2 is 2.00 bits per heavy atom. The summed E-state index contributed by atoms with van der Waals surface area (Å²) in [5, 5.41) is 0.508. The summed E-state index contributed by atoms with van der Waals surface area (Å²) in [6.45, 7) is 0.704. The van der Waals surface area contributed by atoms with E-state index in [4.69, 9.17) is 22.1 Å². The van der Waals surface area contributed by atoms with Crippen LogP contribution in [0, 0.1) is 5.82 Å². The molecular formula is C15H14BrClFNO. The number of nitrogens with two attached hydrogens (primary N) is 1. The second-order valence-electron chi connectivity index (χ2n) is 4.33. The van der Waals surface area contributed by atoms with E-state index < -0.39 is 0 Å². The Morgan fingerprint density at radius 1 is 1.20 bits per heavy atom. The second kappa shape index (κ2) is 7.07. The van der Waals surface area contributed by atoms with Gasteiger partial charge in [0.2, 0.25) is 0 Å². The van der Waals surface area contributed by atoms with Crippen LogP contribution >= 0.6 is 27.5 Å². The van der Waals surface area contributed by atoms with E-state index >= 15 is 0 Å². The molecule has 2 nitrogen and oxygen atoms in total. The number of hydrogen-bond acceptors (Lipinski definition) is 2. The molecule has 0 bridgehead atoms. The molecule has 0 aliphatic rings. The smallest absolute Gasteiger partial charge is 0.138 e. The number of hydrogen-bond donors (Lipinski definition) is 1. The first kappa shape index (κ1) is 15.3. The number of halogens is 3. The van der Waals surface area contributed by atoms with E-state index in [1.807, 2.05) is 12.1 Å². The molecule has 2 N–H and O–H groups in total. The van der Waals surface area contributed by atoms with Crippen LogP contribution in [0.25, 0.3) is 0 Å². The molecule has 2 aromatic rings. The van der Waals surface area contributed by atoms with Crippen molar-refractivity contribution >= 4 is 27.5 Å². The molecule has 106 valence electrons. The number of ether oxygens (including phenoxy) is 1. The van der Waals surface area contributed by atoms with Crippen molar-refractivity contribution in [3.63, 3.8) is 0 Å². The zero-order chi connectivity index (χ0) is 14.5. The third kappa shape index (κ3) is 3.95. The van der Waals surface area contributed by atoms with Gasteiger partial charge in [0, 0.05) is 10.0 Å². The first-order valence-electron chi connectivity index (χ1n) is 6.15. The van der Waals surface area contributed by atoms with Crippen molar-refractivity contribution < 1.29 is 9.13 Å². The highest BCUT2D eigenvalue weighted by atomic mass is 79.9. The summed E-state index contributed by atoms with van der Waals surface area (Å²) in [5.74, 6) is 0.227. The van der Waals surface area contributed by atoms with Gasteiger partial charge >= 0.3 is 0 Å². The lowest BCUT2D eigenvalue weighted by molar-refractivity contribution is 0.300. The van der Waals surface area contributed by atoms with Crippen LogP contribution in [0.5, 0.6) is 5.75 Å². The summed E-state index contributed by atoms with van der Waals surface area (Å²) in [4.78, 5) is 0. The fraction of sp³-hybridized carbons (Fsp3) is 0.200. The van der Waals surface area contributed by atoms with Gasteiger partial charge in [0.05, 0.1) is 5.02 Å². The minimum Gasteiger partial charge on any atom is -0.487 e. The van der Waals surface area contributed by atoms with Crippen LogP contribution in [0.3, 0.4) is 0 Å². The van der Waals surface area contributed by atoms with Gasteiger partial charge in [-0.05, 0) is 42.8 Å². The predicted molar refractivity (Wildman–Crippen MR) is 82.6 cm³/mol. The predicted octanol–water partition coefficient (Wildman–Crippen LogP) is 4.32. The molecule has 0 radical (unpaired) electrons. The van der Waals surface area contributed by atoms with Gasteiger partial charge in [0.1, 0.15) is 18.2 Å². The first-order valence-corrected chi connectivity index (χ1v) is 7.32. The van der Waals surface area contributed by atoms with E-state index in [0.29, 0.717) is 27.4 Å². The standard InChI is InChI=1S/C15H14BrClFNO/c16-12-3-2-11(14(18)8-12)9-20-15-4-1-10(5-6-19)7-13(15)17/h1-4,7-8H,5-6,9,19H2. The quantitative estimate of drug-likeness (QED) is 0.864. The van der Waals surface area contributed by atoms with Crippen molar-refractivity contribution in [1.29, 1.82) is 0 Å². The Balaban J connectivity index is 2.07. The van der Waals surface area contributed by atoms with Crippen LogP contribution in [0.1, 0.15) is 11.1 Å². The molecule has 0 aliphatic heterocycles. The topological polar surface area (TPSA) is 35.2 Å². The Labute approximate surface area is 130 Å². The highest BCUT2D eigenvalue weighted by Crippen LogP contribution is 2.27. The molecule has 5 heteroatoms. The maximum atomic E-state index is 13.7. The molecule has 2 aromatic carbocycles. The normalized spacial score (nSPS) is 10.6. The molecule has 0 heterocycles. The molecule has 0 fully saturated rings. The van der Waals surface area contributed by atoms with Gasteiger partial charge in [-0.25, -0.2) is 4.39 Å². The Bertz CT molecular complexity index is 606. The molecule has 0 unspecified atom stereocenters. The van der Waals surface area contributed by atoms with Crippen LogP contribution in [0.15, 0.2) is 40.9 Å². The Morgan fingerprint density at radius 3 is 2.65 bits per heavy atom. The van der Waals surface area contributed by atoms with Gasteiger partial charge in [0.15, 0.2) is 0 Å². The van der Waals surface area contributed by atoms with E-state index in [1.165, 1.54) is 6.07 Å². The molecule has 2 rings (SSSR count). The van der Waals surface area contributed by atoms with Gasteiger partial charge in [-0.1, -0.05) is 39.7 Å². The van der Waals surface area contributed by atoms with Crippen LogP contribution < -0.4 is 10.5 Å². The van der Waals surface area contributed by atoms with Gasteiger partial charge in [-0.15, -0.1) is 0 Å². The average molecular weight is 359 g/mol. The highest BCUT2D eigenvalue weighted by molar-refractivity contribution is 9.10. The first-order chi connectivity index (χ1) is 9.60. The minimum absolute atomic E-state index is 0.134. The molecule has 20 heavy (non-hydrogen) atoms. The summed E-state index contributed by atoms with van der Waals surface area (Å²) < 4.78 is 19.9. The highest BCUT2D eigenvalue weighted by Gasteiger charge is 2.07. The molecule has 0 saturated carbocycles. The number of benzene rings is 2. The SMILES string of the molecule is NCCc1ccc(OCc2ccc(Br)cc2F)c(Cl)c1. The third-order valence-electron chi connectivity index (χ3n) is 2.83. The van der Waals surface area contributed by atoms with Crippen molar-refractivity contribution in [2.24, 2.45) is 5.73 Å². The van der Waals surface area contributed by atoms with Gasteiger partial charge in [-0.3, -0.25) is 0 Å². The Hall–Kier alpha value is -1.10. The molecule has 0 amide bonds. The number of rotatable bonds is 5. The van der Waals surface area contributed by atoms with Crippen LogP contribution in [-0.2, 0) is 13.0 Å². The van der Waals surface area contributed by atoms with Crippen LogP contribution in [-0.4, -0.2) is 6.54 Å². The molecular weight excluding hydrogens is 345 g/mol. The monoisotopic (exact) mass is 357 g/mol. The van der Waals surface area contributed by atoms with Gasteiger partial charge in [0.25, 0.3) is 0 Å². The third-order valence-corrected chi connectivity index (χ3v) is 3.62.